The van der Waals surface area contributed by atoms with Gasteiger partial charge in [0, 0.05) is 24.6 Å². The number of hydrogen-bond donors (Lipinski definition) is 0. The third-order valence-corrected chi connectivity index (χ3v) is 5.46. The molecule has 3 aromatic rings. The number of likely N-dealkylation sites (tertiary alicyclic amines) is 1. The molecule has 150 valence electrons. The van der Waals surface area contributed by atoms with Crippen molar-refractivity contribution >= 4 is 16.9 Å². The molecule has 0 spiro atoms. The van der Waals surface area contributed by atoms with Crippen molar-refractivity contribution in [3.63, 3.8) is 0 Å². The summed E-state index contributed by atoms with van der Waals surface area (Å²) in [6, 6.07) is 13.2. The van der Waals surface area contributed by atoms with Crippen LogP contribution in [0.4, 0.5) is 0 Å². The molecule has 2 heterocycles. The molecule has 1 atom stereocenters. The molecule has 29 heavy (non-hydrogen) atoms. The molecular formula is C22H23N3O4. The molecule has 1 aliphatic rings. The number of benzene rings is 2. The first kappa shape index (κ1) is 19.0. The molecule has 7 heteroatoms. The maximum absolute atomic E-state index is 13.0. The second-order valence-corrected chi connectivity index (χ2v) is 7.08. The fraction of sp³-hybridized carbons (Fsp3) is 0.318. The fourth-order valence-electron chi connectivity index (χ4n) is 3.99. The molecule has 1 aliphatic heterocycles. The number of carbonyl (C=O) groups excluding carboxylic acids is 1. The van der Waals surface area contributed by atoms with E-state index in [4.69, 9.17) is 9.47 Å². The Balaban J connectivity index is 1.55. The number of para-hydroxylation sites is 3. The number of amides is 1. The number of rotatable bonds is 5. The Labute approximate surface area is 168 Å². The quantitative estimate of drug-likeness (QED) is 0.666. The van der Waals surface area contributed by atoms with E-state index in [1.54, 1.807) is 14.2 Å². The van der Waals surface area contributed by atoms with Crippen molar-refractivity contribution in [1.29, 1.82) is 0 Å². The summed E-state index contributed by atoms with van der Waals surface area (Å²) < 4.78 is 12.4. The van der Waals surface area contributed by atoms with E-state index in [0.29, 0.717) is 35.6 Å². The van der Waals surface area contributed by atoms with E-state index >= 15 is 0 Å². The lowest BCUT2D eigenvalue weighted by molar-refractivity contribution is -0.130. The van der Waals surface area contributed by atoms with Crippen molar-refractivity contribution in [2.24, 2.45) is 0 Å². The summed E-state index contributed by atoms with van der Waals surface area (Å²) in [5.74, 6) is 1.48. The zero-order valence-corrected chi connectivity index (χ0v) is 16.5. The highest BCUT2D eigenvalue weighted by Crippen LogP contribution is 2.39. The van der Waals surface area contributed by atoms with Crippen LogP contribution < -0.4 is 15.0 Å². The Kier molecular flexibility index (Phi) is 5.20. The third-order valence-electron chi connectivity index (χ3n) is 5.46. The van der Waals surface area contributed by atoms with E-state index in [0.717, 1.165) is 12.0 Å². The van der Waals surface area contributed by atoms with Gasteiger partial charge in [0.25, 0.3) is 5.56 Å². The number of hydrogen-bond acceptors (Lipinski definition) is 5. The van der Waals surface area contributed by atoms with Gasteiger partial charge >= 0.3 is 0 Å². The molecule has 1 saturated heterocycles. The van der Waals surface area contributed by atoms with Crippen molar-refractivity contribution in [3.8, 4) is 11.5 Å². The zero-order chi connectivity index (χ0) is 20.4. The van der Waals surface area contributed by atoms with Crippen LogP contribution in [0.25, 0.3) is 11.0 Å². The van der Waals surface area contributed by atoms with Gasteiger partial charge < -0.3 is 14.4 Å². The lowest BCUT2D eigenvalue weighted by Crippen LogP contribution is -2.35. The van der Waals surface area contributed by atoms with E-state index in [-0.39, 0.29) is 23.9 Å². The first-order chi connectivity index (χ1) is 14.1. The molecule has 0 radical (unpaired) electrons. The van der Waals surface area contributed by atoms with Gasteiger partial charge in [0.05, 0.1) is 31.4 Å². The normalized spacial score (nSPS) is 16.2. The molecule has 1 aromatic heterocycles. The van der Waals surface area contributed by atoms with Gasteiger partial charge in [0.15, 0.2) is 11.5 Å². The number of fused-ring (bicyclic) bond motifs is 1. The highest BCUT2D eigenvalue weighted by atomic mass is 16.5. The minimum atomic E-state index is -0.276. The van der Waals surface area contributed by atoms with Crippen LogP contribution in [-0.2, 0) is 11.3 Å². The summed E-state index contributed by atoms with van der Waals surface area (Å²) in [5.41, 5.74) is 2.12. The number of ether oxygens (including phenoxy) is 2. The molecule has 0 aliphatic carbocycles. The van der Waals surface area contributed by atoms with Crippen LogP contribution in [-0.4, -0.2) is 47.7 Å². The number of methoxy groups -OCH3 is 2. The maximum Gasteiger partial charge on any atom is 0.269 e. The van der Waals surface area contributed by atoms with Crippen LogP contribution in [0.2, 0.25) is 0 Å². The lowest BCUT2D eigenvalue weighted by Gasteiger charge is -2.20. The van der Waals surface area contributed by atoms with Gasteiger partial charge in [-0.3, -0.25) is 14.2 Å². The molecule has 4 rings (SSSR count). The van der Waals surface area contributed by atoms with E-state index in [1.807, 2.05) is 47.4 Å². The van der Waals surface area contributed by atoms with Crippen LogP contribution >= 0.6 is 0 Å². The first-order valence-electron chi connectivity index (χ1n) is 9.55. The predicted molar refractivity (Wildman–Crippen MR) is 109 cm³/mol. The molecule has 2 aromatic carbocycles. The molecule has 0 saturated carbocycles. The fourth-order valence-corrected chi connectivity index (χ4v) is 3.99. The summed E-state index contributed by atoms with van der Waals surface area (Å²) in [6.07, 6.45) is 2.10. The minimum Gasteiger partial charge on any atom is -0.493 e. The van der Waals surface area contributed by atoms with Gasteiger partial charge in [-0.15, -0.1) is 0 Å². The molecule has 0 bridgehead atoms. The molecular weight excluding hydrogens is 370 g/mol. The smallest absolute Gasteiger partial charge is 0.269 e. The average Bonchev–Trinajstić information content (AvgIpc) is 3.25. The summed E-state index contributed by atoms with van der Waals surface area (Å²) in [4.78, 5) is 31.2. The molecule has 0 N–H and O–H groups in total. The molecule has 1 amide bonds. The van der Waals surface area contributed by atoms with Crippen LogP contribution in [0.1, 0.15) is 17.9 Å². The number of nitrogens with zero attached hydrogens (tertiary/aromatic N) is 3. The van der Waals surface area contributed by atoms with E-state index in [9.17, 15) is 9.59 Å². The first-order valence-corrected chi connectivity index (χ1v) is 9.55. The standard InChI is InChI=1S/C22H23N3O4/c1-28-19-9-5-6-16(22(19)29-2)15-10-11-24(13-15)21(27)14-25-18-8-4-3-7-17(18)23-12-20(25)26/h3-9,12,15H,10-11,13-14H2,1-2H3/t15-/m0/s1. The Morgan fingerprint density at radius 2 is 1.97 bits per heavy atom. The summed E-state index contributed by atoms with van der Waals surface area (Å²) >= 11 is 0. The Bertz CT molecular complexity index is 1110. The maximum atomic E-state index is 13.0. The second-order valence-electron chi connectivity index (χ2n) is 7.08. The minimum absolute atomic E-state index is 0.00380. The summed E-state index contributed by atoms with van der Waals surface area (Å²) in [7, 11) is 3.24. The topological polar surface area (TPSA) is 73.7 Å². The molecule has 7 nitrogen and oxygen atoms in total. The van der Waals surface area contributed by atoms with Crippen LogP contribution in [0.3, 0.4) is 0 Å². The summed E-state index contributed by atoms with van der Waals surface area (Å²) in [6.45, 7) is 1.23. The highest BCUT2D eigenvalue weighted by Gasteiger charge is 2.30. The zero-order valence-electron chi connectivity index (χ0n) is 16.5. The summed E-state index contributed by atoms with van der Waals surface area (Å²) in [5, 5.41) is 0. The van der Waals surface area contributed by atoms with Gasteiger partial charge in [-0.05, 0) is 24.6 Å². The number of aromatic nitrogens is 2. The Morgan fingerprint density at radius 1 is 1.14 bits per heavy atom. The van der Waals surface area contributed by atoms with E-state index < -0.39 is 0 Å². The molecule has 1 fully saturated rings. The van der Waals surface area contributed by atoms with Crippen LogP contribution in [0.5, 0.6) is 11.5 Å². The van der Waals surface area contributed by atoms with E-state index in [1.165, 1.54) is 10.8 Å². The largest absolute Gasteiger partial charge is 0.493 e. The van der Waals surface area contributed by atoms with Crippen molar-refractivity contribution in [1.82, 2.24) is 14.5 Å². The lowest BCUT2D eigenvalue weighted by atomic mass is 9.97. The van der Waals surface area contributed by atoms with Gasteiger partial charge in [-0.1, -0.05) is 24.3 Å². The number of carbonyl (C=O) groups is 1. The van der Waals surface area contributed by atoms with Crippen molar-refractivity contribution < 1.29 is 14.3 Å². The molecule has 0 unspecified atom stereocenters. The van der Waals surface area contributed by atoms with Gasteiger partial charge in [-0.2, -0.15) is 0 Å². The average molecular weight is 393 g/mol. The van der Waals surface area contributed by atoms with Crippen molar-refractivity contribution in [2.45, 2.75) is 18.9 Å². The second kappa shape index (κ2) is 7.95. The predicted octanol–water partition coefficient (Wildman–Crippen LogP) is 2.43. The monoisotopic (exact) mass is 393 g/mol. The van der Waals surface area contributed by atoms with Crippen molar-refractivity contribution in [2.75, 3.05) is 27.3 Å². The van der Waals surface area contributed by atoms with Crippen LogP contribution in [0, 0.1) is 0 Å². The van der Waals surface area contributed by atoms with Gasteiger partial charge in [-0.25, -0.2) is 4.98 Å². The third kappa shape index (κ3) is 3.55. The van der Waals surface area contributed by atoms with Gasteiger partial charge in [0.1, 0.15) is 6.54 Å². The Morgan fingerprint density at radius 3 is 2.76 bits per heavy atom. The van der Waals surface area contributed by atoms with E-state index in [2.05, 4.69) is 4.98 Å². The SMILES string of the molecule is COc1cccc([C@H]2CCN(C(=O)Cn3c(=O)cnc4ccccc43)C2)c1OC. The Hall–Kier alpha value is -3.35. The van der Waals surface area contributed by atoms with Crippen molar-refractivity contribution in [3.05, 3.63) is 64.6 Å². The van der Waals surface area contributed by atoms with Gasteiger partial charge in [0.2, 0.25) is 5.91 Å². The van der Waals surface area contributed by atoms with Crippen LogP contribution in [0.15, 0.2) is 53.5 Å². The highest BCUT2D eigenvalue weighted by molar-refractivity contribution is 5.80.